The Balaban J connectivity index is 1.60. The third-order valence-electron chi connectivity index (χ3n) is 4.69. The number of nitrogens with one attached hydrogen (secondary N) is 2. The van der Waals surface area contributed by atoms with Crippen LogP contribution in [-0.4, -0.2) is 45.5 Å². The van der Waals surface area contributed by atoms with Crippen molar-refractivity contribution in [2.45, 2.75) is 44.8 Å². The number of aromatic nitrogens is 3. The van der Waals surface area contributed by atoms with Gasteiger partial charge >= 0.3 is 12.1 Å². The van der Waals surface area contributed by atoms with E-state index in [0.717, 1.165) is 18.9 Å². The zero-order valence-corrected chi connectivity index (χ0v) is 17.5. The van der Waals surface area contributed by atoms with Crippen LogP contribution in [0.2, 0.25) is 0 Å². The third-order valence-corrected chi connectivity index (χ3v) is 4.69. The fourth-order valence-electron chi connectivity index (χ4n) is 2.63. The molecule has 2 aromatic heterocycles. The number of nitrogens with zero attached hydrogens (tertiary/aromatic N) is 3. The molecule has 1 aliphatic rings. The predicted octanol–water partition coefficient (Wildman–Crippen LogP) is 3.60. The van der Waals surface area contributed by atoms with E-state index >= 15 is 0 Å². The van der Waals surface area contributed by atoms with Crippen LogP contribution in [0.4, 0.5) is 27.9 Å². The third kappa shape index (κ3) is 6.33. The van der Waals surface area contributed by atoms with E-state index in [1.54, 1.807) is 13.8 Å². The van der Waals surface area contributed by atoms with Gasteiger partial charge in [0.25, 0.3) is 5.91 Å². The average molecular weight is 473 g/mol. The van der Waals surface area contributed by atoms with Gasteiger partial charge in [0, 0.05) is 23.9 Å². The molecule has 33 heavy (non-hydrogen) atoms. The van der Waals surface area contributed by atoms with Crippen LogP contribution >= 0.6 is 0 Å². The highest BCUT2D eigenvalue weighted by Crippen LogP contribution is 2.35. The molecule has 2 amide bonds. The molecule has 178 valence electrons. The standard InChI is InChI=1S/C20H20F5N5O3/c1-10-7-14(29-18(27-10)30-16(31)12-3-4-12)17(32)28-11(2)13-5-6-15(26-8-13)33-9-19(21,22)20(23,24)25/h5-8,11-12H,3-4,9H2,1-2H3,(H,28,32)(H,27,29,30,31). The Morgan fingerprint density at radius 2 is 1.88 bits per heavy atom. The second-order valence-electron chi connectivity index (χ2n) is 7.60. The number of alkyl halides is 5. The lowest BCUT2D eigenvalue weighted by atomic mass is 10.1. The lowest BCUT2D eigenvalue weighted by Gasteiger charge is -2.19. The van der Waals surface area contributed by atoms with E-state index in [1.165, 1.54) is 18.3 Å². The number of rotatable bonds is 8. The first-order chi connectivity index (χ1) is 15.4. The van der Waals surface area contributed by atoms with E-state index in [0.29, 0.717) is 11.3 Å². The van der Waals surface area contributed by atoms with Crippen LogP contribution < -0.4 is 15.4 Å². The van der Waals surface area contributed by atoms with Crippen molar-refractivity contribution in [3.05, 3.63) is 41.3 Å². The number of ether oxygens (including phenoxy) is 1. The first-order valence-electron chi connectivity index (χ1n) is 9.86. The van der Waals surface area contributed by atoms with Gasteiger partial charge in [0.2, 0.25) is 17.7 Å². The molecule has 0 aliphatic heterocycles. The van der Waals surface area contributed by atoms with Gasteiger partial charge in [-0.1, -0.05) is 6.07 Å². The Hall–Kier alpha value is -3.38. The Morgan fingerprint density at radius 3 is 2.45 bits per heavy atom. The number of amides is 2. The number of halogens is 5. The van der Waals surface area contributed by atoms with Gasteiger partial charge < -0.3 is 10.1 Å². The molecule has 13 heteroatoms. The molecular formula is C20H20F5N5O3. The molecule has 2 N–H and O–H groups in total. The van der Waals surface area contributed by atoms with Crippen LogP contribution in [0.15, 0.2) is 24.4 Å². The smallest absolute Gasteiger partial charge is 0.456 e. The second-order valence-corrected chi connectivity index (χ2v) is 7.60. The quantitative estimate of drug-likeness (QED) is 0.568. The molecule has 1 unspecified atom stereocenters. The maximum Gasteiger partial charge on any atom is 0.456 e. The lowest BCUT2D eigenvalue weighted by molar-refractivity contribution is -0.290. The number of aryl methyl sites for hydroxylation is 1. The number of anilines is 1. The van der Waals surface area contributed by atoms with Crippen LogP contribution in [0, 0.1) is 12.8 Å². The molecule has 1 aliphatic carbocycles. The normalized spacial score (nSPS) is 15.0. The Labute approximate surface area is 185 Å². The minimum atomic E-state index is -5.73. The van der Waals surface area contributed by atoms with Crippen molar-refractivity contribution in [1.82, 2.24) is 20.3 Å². The molecule has 1 atom stereocenters. The summed E-state index contributed by atoms with van der Waals surface area (Å²) in [5.41, 5.74) is 0.918. The van der Waals surface area contributed by atoms with Crippen molar-refractivity contribution in [2.75, 3.05) is 11.9 Å². The SMILES string of the molecule is Cc1cc(C(=O)NC(C)c2ccc(OCC(F)(F)C(F)(F)F)nc2)nc(NC(=O)C2CC2)n1. The van der Waals surface area contributed by atoms with E-state index in [1.807, 2.05) is 0 Å². The molecule has 8 nitrogen and oxygen atoms in total. The van der Waals surface area contributed by atoms with Gasteiger partial charge in [0.1, 0.15) is 5.69 Å². The summed E-state index contributed by atoms with van der Waals surface area (Å²) in [5, 5.41) is 5.23. The largest absolute Gasteiger partial charge is 0.471 e. The lowest BCUT2D eigenvalue weighted by Crippen LogP contribution is -2.41. The molecule has 0 bridgehead atoms. The van der Waals surface area contributed by atoms with Crippen LogP contribution in [0.3, 0.4) is 0 Å². The molecule has 0 spiro atoms. The second kappa shape index (κ2) is 9.24. The molecule has 1 saturated carbocycles. The summed E-state index contributed by atoms with van der Waals surface area (Å²) >= 11 is 0. The fraction of sp³-hybridized carbons (Fsp3) is 0.450. The van der Waals surface area contributed by atoms with Crippen molar-refractivity contribution >= 4 is 17.8 Å². The van der Waals surface area contributed by atoms with Gasteiger partial charge in [-0.3, -0.25) is 14.9 Å². The van der Waals surface area contributed by atoms with Gasteiger partial charge in [-0.2, -0.15) is 22.0 Å². The molecule has 0 aromatic carbocycles. The maximum atomic E-state index is 12.9. The Bertz CT molecular complexity index is 1030. The van der Waals surface area contributed by atoms with E-state index in [2.05, 4.69) is 30.3 Å². The van der Waals surface area contributed by atoms with Gasteiger partial charge in [0.15, 0.2) is 6.61 Å². The number of carbonyl (C=O) groups is 2. The average Bonchev–Trinajstić information content (AvgIpc) is 3.57. The van der Waals surface area contributed by atoms with E-state index in [9.17, 15) is 31.5 Å². The van der Waals surface area contributed by atoms with Gasteiger partial charge in [-0.15, -0.1) is 0 Å². The Morgan fingerprint density at radius 1 is 1.18 bits per heavy atom. The minimum absolute atomic E-state index is 0.0164. The van der Waals surface area contributed by atoms with Crippen molar-refractivity contribution in [1.29, 1.82) is 0 Å². The first kappa shape index (κ1) is 24.3. The summed E-state index contributed by atoms with van der Waals surface area (Å²) in [6.45, 7) is 1.35. The summed E-state index contributed by atoms with van der Waals surface area (Å²) in [7, 11) is 0. The number of pyridine rings is 1. The summed E-state index contributed by atoms with van der Waals surface area (Å²) < 4.78 is 66.9. The van der Waals surface area contributed by atoms with Gasteiger partial charge in [-0.25, -0.2) is 15.0 Å². The van der Waals surface area contributed by atoms with E-state index in [4.69, 9.17) is 0 Å². The van der Waals surface area contributed by atoms with Crippen molar-refractivity contribution < 1.29 is 36.3 Å². The number of hydrogen-bond donors (Lipinski definition) is 2. The molecule has 0 saturated heterocycles. The van der Waals surface area contributed by atoms with Crippen LogP contribution in [0.1, 0.15) is 47.6 Å². The topological polar surface area (TPSA) is 106 Å². The minimum Gasteiger partial charge on any atom is -0.471 e. The number of carbonyl (C=O) groups excluding carboxylic acids is 2. The summed E-state index contributed by atoms with van der Waals surface area (Å²) in [6.07, 6.45) is -2.96. The zero-order chi connectivity index (χ0) is 24.4. The molecule has 3 rings (SSSR count). The van der Waals surface area contributed by atoms with Crippen LogP contribution in [-0.2, 0) is 4.79 Å². The predicted molar refractivity (Wildman–Crippen MR) is 105 cm³/mol. The highest BCUT2D eigenvalue weighted by atomic mass is 19.4. The highest BCUT2D eigenvalue weighted by molar-refractivity contribution is 5.95. The van der Waals surface area contributed by atoms with Crippen molar-refractivity contribution in [3.8, 4) is 5.88 Å². The number of hydrogen-bond acceptors (Lipinski definition) is 6. The zero-order valence-electron chi connectivity index (χ0n) is 17.5. The first-order valence-corrected chi connectivity index (χ1v) is 9.86. The van der Waals surface area contributed by atoms with Crippen LogP contribution in [0.25, 0.3) is 0 Å². The summed E-state index contributed by atoms with van der Waals surface area (Å²) in [6, 6.07) is 3.30. The molecule has 2 heterocycles. The Kier molecular flexibility index (Phi) is 6.79. The van der Waals surface area contributed by atoms with Crippen LogP contribution in [0.5, 0.6) is 5.88 Å². The molecule has 2 aromatic rings. The molecular weight excluding hydrogens is 453 g/mol. The van der Waals surface area contributed by atoms with Gasteiger partial charge in [0.05, 0.1) is 6.04 Å². The monoisotopic (exact) mass is 473 g/mol. The summed E-state index contributed by atoms with van der Waals surface area (Å²) in [5.74, 6) is -6.26. The highest BCUT2D eigenvalue weighted by Gasteiger charge is 2.58. The molecule has 1 fully saturated rings. The van der Waals surface area contributed by atoms with E-state index < -0.39 is 36.5 Å². The van der Waals surface area contributed by atoms with Crippen molar-refractivity contribution in [2.24, 2.45) is 5.92 Å². The summed E-state index contributed by atoms with van der Waals surface area (Å²) in [4.78, 5) is 36.3. The van der Waals surface area contributed by atoms with Gasteiger partial charge in [-0.05, 0) is 38.3 Å². The maximum absolute atomic E-state index is 12.9. The molecule has 0 radical (unpaired) electrons. The van der Waals surface area contributed by atoms with E-state index in [-0.39, 0.29) is 23.5 Å². The van der Waals surface area contributed by atoms with Crippen molar-refractivity contribution in [3.63, 3.8) is 0 Å². The fourth-order valence-corrected chi connectivity index (χ4v) is 2.63.